The molecule has 4 nitrogen and oxygen atoms in total. The third-order valence-corrected chi connectivity index (χ3v) is 3.64. The Morgan fingerprint density at radius 1 is 1.47 bits per heavy atom. The number of aliphatic carboxylic acids is 1. The van der Waals surface area contributed by atoms with E-state index in [0.29, 0.717) is 6.42 Å². The Bertz CT molecular complexity index is 445. The van der Waals surface area contributed by atoms with Crippen LogP contribution in [0.15, 0.2) is 18.2 Å². The van der Waals surface area contributed by atoms with Gasteiger partial charge in [-0.2, -0.15) is 0 Å². The highest BCUT2D eigenvalue weighted by molar-refractivity contribution is 5.82. The molecule has 92 valence electrons. The first-order chi connectivity index (χ1) is 8.15. The second-order valence-electron chi connectivity index (χ2n) is 4.43. The number of carboxylic acids is 1. The average Bonchev–Trinajstić information content (AvgIpc) is 2.70. The third-order valence-electron chi connectivity index (χ3n) is 3.64. The van der Waals surface area contributed by atoms with Crippen LogP contribution in [0.25, 0.3) is 0 Å². The SMILES string of the molecule is CNCc1cccc2c1CCC2(NC)C(=O)O. The second-order valence-corrected chi connectivity index (χ2v) is 4.43. The van der Waals surface area contributed by atoms with Crippen molar-refractivity contribution in [1.29, 1.82) is 0 Å². The van der Waals surface area contributed by atoms with Crippen LogP contribution in [0.4, 0.5) is 0 Å². The summed E-state index contributed by atoms with van der Waals surface area (Å²) in [5.41, 5.74) is 2.39. The summed E-state index contributed by atoms with van der Waals surface area (Å²) in [5.74, 6) is -0.791. The Kier molecular flexibility index (Phi) is 3.17. The first-order valence-electron chi connectivity index (χ1n) is 5.84. The third kappa shape index (κ3) is 1.73. The number of benzene rings is 1. The summed E-state index contributed by atoms with van der Waals surface area (Å²) in [6.07, 6.45) is 1.44. The lowest BCUT2D eigenvalue weighted by atomic mass is 9.91. The zero-order chi connectivity index (χ0) is 12.5. The molecule has 0 bridgehead atoms. The number of carboxylic acid groups (broad SMARTS) is 1. The van der Waals surface area contributed by atoms with Crippen molar-refractivity contribution < 1.29 is 9.90 Å². The molecule has 1 atom stereocenters. The first-order valence-corrected chi connectivity index (χ1v) is 5.84. The molecule has 0 aromatic heterocycles. The van der Waals surface area contributed by atoms with Crippen LogP contribution in [-0.4, -0.2) is 25.2 Å². The summed E-state index contributed by atoms with van der Waals surface area (Å²) in [5, 5.41) is 15.6. The molecule has 0 amide bonds. The van der Waals surface area contributed by atoms with Gasteiger partial charge in [-0.25, -0.2) is 4.79 Å². The minimum Gasteiger partial charge on any atom is -0.480 e. The van der Waals surface area contributed by atoms with E-state index in [9.17, 15) is 9.90 Å². The van der Waals surface area contributed by atoms with Crippen LogP contribution in [0, 0.1) is 0 Å². The molecule has 1 aliphatic rings. The maximum atomic E-state index is 11.5. The highest BCUT2D eigenvalue weighted by Gasteiger charge is 2.44. The number of rotatable bonds is 4. The van der Waals surface area contributed by atoms with Crippen molar-refractivity contribution in [3.05, 3.63) is 34.9 Å². The lowest BCUT2D eigenvalue weighted by molar-refractivity contribution is -0.145. The van der Waals surface area contributed by atoms with Crippen molar-refractivity contribution in [3.8, 4) is 0 Å². The molecule has 1 aliphatic carbocycles. The molecule has 4 heteroatoms. The van der Waals surface area contributed by atoms with Crippen molar-refractivity contribution in [1.82, 2.24) is 10.6 Å². The van der Waals surface area contributed by atoms with Gasteiger partial charge in [0.2, 0.25) is 0 Å². The van der Waals surface area contributed by atoms with E-state index in [2.05, 4.69) is 16.7 Å². The molecular weight excluding hydrogens is 216 g/mol. The fourth-order valence-corrected chi connectivity index (χ4v) is 2.72. The quantitative estimate of drug-likeness (QED) is 0.723. The summed E-state index contributed by atoms with van der Waals surface area (Å²) in [6.45, 7) is 0.780. The van der Waals surface area contributed by atoms with Crippen molar-refractivity contribution in [3.63, 3.8) is 0 Å². The normalized spacial score (nSPS) is 22.5. The predicted octanol–water partition coefficient (Wildman–Crippen LogP) is 0.851. The van der Waals surface area contributed by atoms with Crippen LogP contribution in [0.3, 0.4) is 0 Å². The fourth-order valence-electron chi connectivity index (χ4n) is 2.72. The van der Waals surface area contributed by atoms with Crippen molar-refractivity contribution in [2.75, 3.05) is 14.1 Å². The van der Waals surface area contributed by atoms with Crippen LogP contribution in [-0.2, 0) is 23.3 Å². The van der Waals surface area contributed by atoms with Gasteiger partial charge in [-0.1, -0.05) is 18.2 Å². The maximum Gasteiger partial charge on any atom is 0.328 e. The van der Waals surface area contributed by atoms with E-state index >= 15 is 0 Å². The van der Waals surface area contributed by atoms with Gasteiger partial charge in [-0.15, -0.1) is 0 Å². The molecule has 0 radical (unpaired) electrons. The molecule has 1 unspecified atom stereocenters. The van der Waals surface area contributed by atoms with Crippen molar-refractivity contribution >= 4 is 5.97 Å². The van der Waals surface area contributed by atoms with E-state index < -0.39 is 11.5 Å². The first kappa shape index (κ1) is 12.1. The van der Waals surface area contributed by atoms with Gasteiger partial charge in [0.05, 0.1) is 0 Å². The van der Waals surface area contributed by atoms with Gasteiger partial charge in [0.1, 0.15) is 5.54 Å². The van der Waals surface area contributed by atoms with Crippen LogP contribution in [0.5, 0.6) is 0 Å². The maximum absolute atomic E-state index is 11.5. The molecule has 2 rings (SSSR count). The number of nitrogens with one attached hydrogen (secondary N) is 2. The molecule has 0 saturated heterocycles. The van der Waals surface area contributed by atoms with Gasteiger partial charge < -0.3 is 15.7 Å². The van der Waals surface area contributed by atoms with Gasteiger partial charge in [0, 0.05) is 6.54 Å². The number of fused-ring (bicyclic) bond motifs is 1. The van der Waals surface area contributed by atoms with Crippen molar-refractivity contribution in [2.45, 2.75) is 24.9 Å². The van der Waals surface area contributed by atoms with Crippen LogP contribution >= 0.6 is 0 Å². The summed E-state index contributed by atoms with van der Waals surface area (Å²) in [4.78, 5) is 11.5. The Labute approximate surface area is 101 Å². The van der Waals surface area contributed by atoms with Crippen LogP contribution in [0.2, 0.25) is 0 Å². The van der Waals surface area contributed by atoms with Crippen LogP contribution in [0.1, 0.15) is 23.1 Å². The molecule has 0 heterocycles. The standard InChI is InChI=1S/C13H18N2O2/c1-14-8-9-4-3-5-11-10(9)6-7-13(11,15-2)12(16)17/h3-5,14-15H,6-8H2,1-2H3,(H,16,17). The number of hydrogen-bond acceptors (Lipinski definition) is 3. The molecule has 1 aromatic rings. The number of likely N-dealkylation sites (N-methyl/N-ethyl adjacent to an activating group) is 1. The highest BCUT2D eigenvalue weighted by atomic mass is 16.4. The van der Waals surface area contributed by atoms with E-state index in [1.807, 2.05) is 19.2 Å². The minimum atomic E-state index is -0.904. The molecule has 17 heavy (non-hydrogen) atoms. The largest absolute Gasteiger partial charge is 0.480 e. The van der Waals surface area contributed by atoms with Gasteiger partial charge in [-0.05, 0) is 43.6 Å². The van der Waals surface area contributed by atoms with Gasteiger partial charge in [0.15, 0.2) is 0 Å². The molecular formula is C13H18N2O2. The van der Waals surface area contributed by atoms with E-state index in [0.717, 1.165) is 18.5 Å². The Morgan fingerprint density at radius 3 is 2.82 bits per heavy atom. The Hall–Kier alpha value is -1.39. The van der Waals surface area contributed by atoms with E-state index in [-0.39, 0.29) is 0 Å². The zero-order valence-corrected chi connectivity index (χ0v) is 10.2. The lowest BCUT2D eigenvalue weighted by Crippen LogP contribution is -2.45. The van der Waals surface area contributed by atoms with Gasteiger partial charge in [-0.3, -0.25) is 0 Å². The lowest BCUT2D eigenvalue weighted by Gasteiger charge is -2.25. The summed E-state index contributed by atoms with van der Waals surface area (Å²) in [6, 6.07) is 5.92. The monoisotopic (exact) mass is 234 g/mol. The van der Waals surface area contributed by atoms with Gasteiger partial charge >= 0.3 is 5.97 Å². The minimum absolute atomic E-state index is 0.620. The highest BCUT2D eigenvalue weighted by Crippen LogP contribution is 2.38. The zero-order valence-electron chi connectivity index (χ0n) is 10.2. The van der Waals surface area contributed by atoms with Crippen LogP contribution < -0.4 is 10.6 Å². The average molecular weight is 234 g/mol. The van der Waals surface area contributed by atoms with E-state index in [1.165, 1.54) is 11.1 Å². The molecule has 0 saturated carbocycles. The molecule has 0 aliphatic heterocycles. The Balaban J connectivity index is 2.51. The van der Waals surface area contributed by atoms with Crippen molar-refractivity contribution in [2.24, 2.45) is 0 Å². The molecule has 3 N–H and O–H groups in total. The van der Waals surface area contributed by atoms with E-state index in [1.54, 1.807) is 7.05 Å². The fraction of sp³-hybridized carbons (Fsp3) is 0.462. The predicted molar refractivity (Wildman–Crippen MR) is 65.9 cm³/mol. The topological polar surface area (TPSA) is 61.4 Å². The number of carbonyl (C=O) groups is 1. The summed E-state index contributed by atoms with van der Waals surface area (Å²) in [7, 11) is 3.62. The van der Waals surface area contributed by atoms with E-state index in [4.69, 9.17) is 0 Å². The Morgan fingerprint density at radius 2 is 2.24 bits per heavy atom. The summed E-state index contributed by atoms with van der Waals surface area (Å²) < 4.78 is 0. The smallest absolute Gasteiger partial charge is 0.328 e. The number of hydrogen-bond donors (Lipinski definition) is 3. The molecule has 0 spiro atoms. The second kappa shape index (κ2) is 4.47. The summed E-state index contributed by atoms with van der Waals surface area (Å²) >= 11 is 0. The molecule has 1 aromatic carbocycles. The van der Waals surface area contributed by atoms with Gasteiger partial charge in [0.25, 0.3) is 0 Å². The molecule has 0 fully saturated rings.